The molecule has 0 amide bonds. The summed E-state index contributed by atoms with van der Waals surface area (Å²) >= 11 is 3.46. The molecule has 0 aromatic heterocycles. The molecular formula is C13H13BrN2. The number of benzene rings is 2. The number of rotatable bonds is 3. The third-order valence-corrected chi connectivity index (χ3v) is 2.97. The summed E-state index contributed by atoms with van der Waals surface area (Å²) in [5, 5.41) is 0. The summed E-state index contributed by atoms with van der Waals surface area (Å²) in [7, 11) is 0. The van der Waals surface area contributed by atoms with Gasteiger partial charge in [0.15, 0.2) is 0 Å². The largest absolute Gasteiger partial charge is 0.271 e. The Morgan fingerprint density at radius 2 is 1.62 bits per heavy atom. The van der Waals surface area contributed by atoms with Crippen molar-refractivity contribution in [3.8, 4) is 0 Å². The zero-order valence-corrected chi connectivity index (χ0v) is 10.3. The Labute approximate surface area is 104 Å². The average Bonchev–Trinajstić information content (AvgIpc) is 2.31. The summed E-state index contributed by atoms with van der Waals surface area (Å²) in [5.74, 6) is 5.62. The van der Waals surface area contributed by atoms with Crippen molar-refractivity contribution in [2.75, 3.05) is 0 Å². The zero-order valence-electron chi connectivity index (χ0n) is 8.73. The van der Waals surface area contributed by atoms with Gasteiger partial charge in [-0.2, -0.15) is 0 Å². The first kappa shape index (κ1) is 11.3. The van der Waals surface area contributed by atoms with Crippen LogP contribution >= 0.6 is 15.9 Å². The third-order valence-electron chi connectivity index (χ3n) is 2.48. The van der Waals surface area contributed by atoms with Crippen LogP contribution in [0.4, 0.5) is 0 Å². The highest BCUT2D eigenvalue weighted by Gasteiger charge is 2.11. The van der Waals surface area contributed by atoms with Crippen LogP contribution < -0.4 is 11.3 Å². The van der Waals surface area contributed by atoms with E-state index in [-0.39, 0.29) is 6.04 Å². The summed E-state index contributed by atoms with van der Waals surface area (Å²) in [4.78, 5) is 0. The van der Waals surface area contributed by atoms with E-state index in [2.05, 4.69) is 45.6 Å². The topological polar surface area (TPSA) is 38.0 Å². The summed E-state index contributed by atoms with van der Waals surface area (Å²) in [6.07, 6.45) is 0. The fourth-order valence-corrected chi connectivity index (χ4v) is 2.13. The Hall–Kier alpha value is -1.16. The van der Waals surface area contributed by atoms with E-state index in [0.29, 0.717) is 0 Å². The molecule has 1 atom stereocenters. The molecule has 2 aromatic carbocycles. The molecule has 0 aliphatic carbocycles. The van der Waals surface area contributed by atoms with Crippen LogP contribution in [0.15, 0.2) is 59.1 Å². The number of hydrogen-bond donors (Lipinski definition) is 2. The molecule has 0 saturated carbocycles. The van der Waals surface area contributed by atoms with Gasteiger partial charge in [-0.1, -0.05) is 58.4 Å². The van der Waals surface area contributed by atoms with Crippen molar-refractivity contribution < 1.29 is 0 Å². The molecule has 3 heteroatoms. The molecule has 0 aliphatic heterocycles. The molecule has 0 saturated heterocycles. The van der Waals surface area contributed by atoms with Crippen molar-refractivity contribution >= 4 is 15.9 Å². The molecule has 2 nitrogen and oxygen atoms in total. The van der Waals surface area contributed by atoms with Crippen LogP contribution in [0.3, 0.4) is 0 Å². The predicted molar refractivity (Wildman–Crippen MR) is 69.8 cm³/mol. The predicted octanol–water partition coefficient (Wildman–Crippen LogP) is 3.00. The molecule has 0 aliphatic rings. The molecule has 3 N–H and O–H groups in total. The highest BCUT2D eigenvalue weighted by atomic mass is 79.9. The van der Waals surface area contributed by atoms with Gasteiger partial charge < -0.3 is 0 Å². The molecule has 0 bridgehead atoms. The van der Waals surface area contributed by atoms with Crippen molar-refractivity contribution in [1.29, 1.82) is 0 Å². The van der Waals surface area contributed by atoms with Gasteiger partial charge in [0.2, 0.25) is 0 Å². The molecule has 0 radical (unpaired) electrons. The molecule has 0 fully saturated rings. The molecule has 2 aromatic rings. The quantitative estimate of drug-likeness (QED) is 0.668. The minimum atomic E-state index is 0.0266. The lowest BCUT2D eigenvalue weighted by atomic mass is 10.00. The van der Waals surface area contributed by atoms with Crippen LogP contribution in [-0.4, -0.2) is 0 Å². The van der Waals surface area contributed by atoms with Gasteiger partial charge in [0.1, 0.15) is 0 Å². The fourth-order valence-electron chi connectivity index (χ4n) is 1.72. The van der Waals surface area contributed by atoms with Crippen molar-refractivity contribution in [3.63, 3.8) is 0 Å². The van der Waals surface area contributed by atoms with E-state index in [1.165, 1.54) is 0 Å². The number of hydrazine groups is 1. The smallest absolute Gasteiger partial charge is 0.0710 e. The van der Waals surface area contributed by atoms with Crippen molar-refractivity contribution in [1.82, 2.24) is 5.43 Å². The van der Waals surface area contributed by atoms with E-state index >= 15 is 0 Å². The van der Waals surface area contributed by atoms with Crippen LogP contribution in [0.5, 0.6) is 0 Å². The minimum Gasteiger partial charge on any atom is -0.271 e. The Morgan fingerprint density at radius 1 is 0.938 bits per heavy atom. The van der Waals surface area contributed by atoms with Crippen molar-refractivity contribution in [3.05, 3.63) is 70.2 Å². The fraction of sp³-hybridized carbons (Fsp3) is 0.0769. The molecule has 0 spiro atoms. The number of nitrogens with one attached hydrogen (secondary N) is 1. The summed E-state index contributed by atoms with van der Waals surface area (Å²) in [5.41, 5.74) is 5.14. The highest BCUT2D eigenvalue weighted by Crippen LogP contribution is 2.23. The Kier molecular flexibility index (Phi) is 3.72. The van der Waals surface area contributed by atoms with Crippen LogP contribution in [-0.2, 0) is 0 Å². The van der Waals surface area contributed by atoms with Crippen LogP contribution in [0.1, 0.15) is 17.2 Å². The van der Waals surface area contributed by atoms with Gasteiger partial charge in [-0.3, -0.25) is 5.84 Å². The Morgan fingerprint density at radius 3 is 2.25 bits per heavy atom. The van der Waals surface area contributed by atoms with E-state index in [9.17, 15) is 0 Å². The average molecular weight is 277 g/mol. The first-order chi connectivity index (χ1) is 7.81. The van der Waals surface area contributed by atoms with E-state index in [1.807, 2.05) is 30.3 Å². The molecule has 2 rings (SSSR count). The van der Waals surface area contributed by atoms with Gasteiger partial charge in [-0.15, -0.1) is 0 Å². The standard InChI is InChI=1S/C13H13BrN2/c14-12-8-4-7-11(9-12)13(16-15)10-5-2-1-3-6-10/h1-9,13,16H,15H2/t13-/m1/s1. The summed E-state index contributed by atoms with van der Waals surface area (Å²) in [6, 6.07) is 18.3. The molecule has 16 heavy (non-hydrogen) atoms. The van der Waals surface area contributed by atoms with E-state index in [1.54, 1.807) is 0 Å². The van der Waals surface area contributed by atoms with Gasteiger partial charge in [-0.25, -0.2) is 5.43 Å². The normalized spacial score (nSPS) is 12.4. The second kappa shape index (κ2) is 5.25. The lowest BCUT2D eigenvalue weighted by molar-refractivity contribution is 0.636. The van der Waals surface area contributed by atoms with E-state index in [0.717, 1.165) is 15.6 Å². The molecular weight excluding hydrogens is 264 g/mol. The first-order valence-electron chi connectivity index (χ1n) is 5.08. The lowest BCUT2D eigenvalue weighted by Crippen LogP contribution is -2.28. The number of hydrogen-bond acceptors (Lipinski definition) is 2. The molecule has 0 heterocycles. The van der Waals surface area contributed by atoms with Gasteiger partial charge >= 0.3 is 0 Å². The van der Waals surface area contributed by atoms with E-state index < -0.39 is 0 Å². The van der Waals surface area contributed by atoms with Crippen molar-refractivity contribution in [2.45, 2.75) is 6.04 Å². The van der Waals surface area contributed by atoms with Gasteiger partial charge in [0, 0.05) is 4.47 Å². The Balaban J connectivity index is 2.37. The van der Waals surface area contributed by atoms with Crippen LogP contribution in [0.2, 0.25) is 0 Å². The second-order valence-corrected chi connectivity index (χ2v) is 4.48. The van der Waals surface area contributed by atoms with Crippen LogP contribution in [0.25, 0.3) is 0 Å². The number of nitrogens with two attached hydrogens (primary N) is 1. The van der Waals surface area contributed by atoms with Gasteiger partial charge in [-0.05, 0) is 23.3 Å². The van der Waals surface area contributed by atoms with Gasteiger partial charge in [0.05, 0.1) is 6.04 Å². The SMILES string of the molecule is NN[C@H](c1ccccc1)c1cccc(Br)c1. The van der Waals surface area contributed by atoms with Crippen LogP contribution in [0, 0.1) is 0 Å². The van der Waals surface area contributed by atoms with Crippen molar-refractivity contribution in [2.24, 2.45) is 5.84 Å². The second-order valence-electron chi connectivity index (χ2n) is 3.57. The molecule has 0 unspecified atom stereocenters. The van der Waals surface area contributed by atoms with Gasteiger partial charge in [0.25, 0.3) is 0 Å². The number of halogens is 1. The summed E-state index contributed by atoms with van der Waals surface area (Å²) in [6.45, 7) is 0. The monoisotopic (exact) mass is 276 g/mol. The maximum atomic E-state index is 5.62. The highest BCUT2D eigenvalue weighted by molar-refractivity contribution is 9.10. The molecule has 82 valence electrons. The lowest BCUT2D eigenvalue weighted by Gasteiger charge is -2.16. The maximum absolute atomic E-state index is 5.62. The first-order valence-corrected chi connectivity index (χ1v) is 5.87. The zero-order chi connectivity index (χ0) is 11.4. The maximum Gasteiger partial charge on any atom is 0.0710 e. The summed E-state index contributed by atoms with van der Waals surface area (Å²) < 4.78 is 1.06. The Bertz CT molecular complexity index is 456. The minimum absolute atomic E-state index is 0.0266. The van der Waals surface area contributed by atoms with E-state index in [4.69, 9.17) is 5.84 Å². The third kappa shape index (κ3) is 2.50.